The molecule has 0 radical (unpaired) electrons. The minimum Gasteiger partial charge on any atom is -0.386 e. The van der Waals surface area contributed by atoms with Gasteiger partial charge in [0.05, 0.1) is 12.7 Å². The zero-order chi connectivity index (χ0) is 13.7. The highest BCUT2D eigenvalue weighted by molar-refractivity contribution is 14.0. The zero-order valence-corrected chi connectivity index (χ0v) is 14.4. The summed E-state index contributed by atoms with van der Waals surface area (Å²) in [6.07, 6.45) is 6.57. The minimum absolute atomic E-state index is 0. The van der Waals surface area contributed by atoms with Gasteiger partial charge in [-0.05, 0) is 26.2 Å². The number of aliphatic hydroxyl groups excluding tert-OH is 1. The van der Waals surface area contributed by atoms with Crippen LogP contribution in [0.25, 0.3) is 0 Å². The molecule has 1 fully saturated rings. The van der Waals surface area contributed by atoms with E-state index in [0.717, 1.165) is 18.1 Å². The Morgan fingerprint density at radius 3 is 2.85 bits per heavy atom. The molecular weight excluding hydrogens is 369 g/mol. The molecule has 1 aliphatic carbocycles. The Morgan fingerprint density at radius 1 is 1.60 bits per heavy atom. The lowest BCUT2D eigenvalue weighted by Crippen LogP contribution is -2.46. The summed E-state index contributed by atoms with van der Waals surface area (Å²) in [4.78, 5) is 4.43. The van der Waals surface area contributed by atoms with Crippen LogP contribution in [-0.2, 0) is 7.05 Å². The fourth-order valence-electron chi connectivity index (χ4n) is 1.96. The first kappa shape index (κ1) is 17.2. The van der Waals surface area contributed by atoms with Gasteiger partial charge in [-0.2, -0.15) is 5.10 Å². The second-order valence-electron chi connectivity index (χ2n) is 4.95. The van der Waals surface area contributed by atoms with Gasteiger partial charge in [-0.25, -0.2) is 0 Å². The van der Waals surface area contributed by atoms with Gasteiger partial charge in [-0.1, -0.05) is 0 Å². The van der Waals surface area contributed by atoms with Crippen molar-refractivity contribution in [1.82, 2.24) is 20.4 Å². The molecule has 0 bridgehead atoms. The van der Waals surface area contributed by atoms with E-state index in [-0.39, 0.29) is 24.0 Å². The van der Waals surface area contributed by atoms with Crippen LogP contribution in [-0.4, -0.2) is 40.0 Å². The predicted molar refractivity (Wildman–Crippen MR) is 90.3 cm³/mol. The third-order valence-electron chi connectivity index (χ3n) is 3.32. The topological polar surface area (TPSA) is 74.5 Å². The van der Waals surface area contributed by atoms with Crippen LogP contribution in [0, 0.1) is 0 Å². The van der Waals surface area contributed by atoms with Gasteiger partial charge in [0.15, 0.2) is 5.96 Å². The van der Waals surface area contributed by atoms with Gasteiger partial charge in [0.25, 0.3) is 0 Å². The number of hydrogen-bond donors (Lipinski definition) is 3. The van der Waals surface area contributed by atoms with Crippen molar-refractivity contribution < 1.29 is 5.11 Å². The summed E-state index contributed by atoms with van der Waals surface area (Å²) in [5, 5.41) is 20.7. The largest absolute Gasteiger partial charge is 0.386 e. The molecule has 1 unspecified atom stereocenters. The van der Waals surface area contributed by atoms with Gasteiger partial charge >= 0.3 is 0 Å². The first-order valence-electron chi connectivity index (χ1n) is 6.90. The van der Waals surface area contributed by atoms with Crippen LogP contribution in [0.1, 0.15) is 37.9 Å². The molecule has 0 saturated heterocycles. The fraction of sp³-hybridized carbons (Fsp3) is 0.692. The Labute approximate surface area is 137 Å². The third kappa shape index (κ3) is 4.93. The summed E-state index contributed by atoms with van der Waals surface area (Å²) in [5.74, 6) is 0.787. The van der Waals surface area contributed by atoms with Crippen molar-refractivity contribution in [2.24, 2.45) is 12.0 Å². The lowest BCUT2D eigenvalue weighted by Gasteiger charge is -2.28. The highest BCUT2D eigenvalue weighted by atomic mass is 127. The number of aromatic nitrogens is 2. The summed E-state index contributed by atoms with van der Waals surface area (Å²) < 4.78 is 1.68. The molecule has 7 heteroatoms. The highest BCUT2D eigenvalue weighted by Gasteiger charge is 2.18. The van der Waals surface area contributed by atoms with Crippen LogP contribution in [0.2, 0.25) is 0 Å². The van der Waals surface area contributed by atoms with E-state index in [4.69, 9.17) is 0 Å². The summed E-state index contributed by atoms with van der Waals surface area (Å²) >= 11 is 0. The van der Waals surface area contributed by atoms with E-state index < -0.39 is 6.10 Å². The first-order valence-corrected chi connectivity index (χ1v) is 6.90. The number of hydrogen-bond acceptors (Lipinski definition) is 3. The molecule has 6 nitrogen and oxygen atoms in total. The molecule has 3 N–H and O–H groups in total. The number of aryl methyl sites for hydroxylation is 1. The average molecular weight is 393 g/mol. The number of aliphatic imine (C=N–C) groups is 1. The Hall–Kier alpha value is -0.830. The van der Waals surface area contributed by atoms with Crippen LogP contribution in [0.5, 0.6) is 0 Å². The second-order valence-corrected chi connectivity index (χ2v) is 4.95. The van der Waals surface area contributed by atoms with Crippen molar-refractivity contribution in [2.75, 3.05) is 13.1 Å². The van der Waals surface area contributed by atoms with Crippen molar-refractivity contribution in [3.05, 3.63) is 18.0 Å². The van der Waals surface area contributed by atoms with Crippen molar-refractivity contribution in [2.45, 2.75) is 38.3 Å². The van der Waals surface area contributed by atoms with E-state index in [0.29, 0.717) is 12.6 Å². The number of nitrogens with zero attached hydrogens (tertiary/aromatic N) is 3. The van der Waals surface area contributed by atoms with E-state index in [1.54, 1.807) is 10.9 Å². The smallest absolute Gasteiger partial charge is 0.191 e. The highest BCUT2D eigenvalue weighted by Crippen LogP contribution is 2.18. The van der Waals surface area contributed by atoms with Gasteiger partial charge in [-0.3, -0.25) is 9.67 Å². The molecule has 0 aromatic carbocycles. The fourth-order valence-corrected chi connectivity index (χ4v) is 1.96. The van der Waals surface area contributed by atoms with Gasteiger partial charge in [0.1, 0.15) is 6.10 Å². The minimum atomic E-state index is -0.606. The average Bonchev–Trinajstić information content (AvgIpc) is 2.77. The molecule has 1 aromatic rings. The molecule has 1 saturated carbocycles. The van der Waals surface area contributed by atoms with Gasteiger partial charge in [0.2, 0.25) is 0 Å². The SMILES string of the molecule is CCNC(=NCC(O)c1cnn(C)c1)NC1CCC1.I. The summed E-state index contributed by atoms with van der Waals surface area (Å²) in [6.45, 7) is 3.20. The second kappa shape index (κ2) is 8.46. The van der Waals surface area contributed by atoms with Crippen LogP contribution in [0.3, 0.4) is 0 Å². The Bertz CT molecular complexity index is 430. The molecule has 2 rings (SSSR count). The number of aliphatic hydroxyl groups is 1. The maximum Gasteiger partial charge on any atom is 0.191 e. The summed E-state index contributed by atoms with van der Waals surface area (Å²) in [7, 11) is 1.84. The molecule has 0 spiro atoms. The first-order chi connectivity index (χ1) is 9.19. The van der Waals surface area contributed by atoms with Crippen molar-refractivity contribution in [3.8, 4) is 0 Å². The van der Waals surface area contributed by atoms with Crippen molar-refractivity contribution in [3.63, 3.8) is 0 Å². The van der Waals surface area contributed by atoms with E-state index in [2.05, 4.69) is 20.7 Å². The van der Waals surface area contributed by atoms with E-state index in [1.807, 2.05) is 20.2 Å². The van der Waals surface area contributed by atoms with Gasteiger partial charge < -0.3 is 15.7 Å². The molecule has 1 atom stereocenters. The molecule has 0 aliphatic heterocycles. The zero-order valence-electron chi connectivity index (χ0n) is 12.0. The lowest BCUT2D eigenvalue weighted by atomic mass is 9.93. The summed E-state index contributed by atoms with van der Waals surface area (Å²) in [6, 6.07) is 0.535. The predicted octanol–water partition coefficient (Wildman–Crippen LogP) is 1.18. The van der Waals surface area contributed by atoms with Crippen molar-refractivity contribution in [1.29, 1.82) is 0 Å². The van der Waals surface area contributed by atoms with Crippen molar-refractivity contribution >= 4 is 29.9 Å². The van der Waals surface area contributed by atoms with Crippen LogP contribution >= 0.6 is 24.0 Å². The Kier molecular flexibility index (Phi) is 7.28. The van der Waals surface area contributed by atoms with E-state index >= 15 is 0 Å². The van der Waals surface area contributed by atoms with Crippen LogP contribution in [0.15, 0.2) is 17.4 Å². The number of halogens is 1. The normalized spacial score (nSPS) is 17.1. The Balaban J connectivity index is 0.00000200. The quantitative estimate of drug-likeness (QED) is 0.399. The number of guanidine groups is 1. The molecule has 1 aliphatic rings. The Morgan fingerprint density at radius 2 is 2.35 bits per heavy atom. The molecule has 1 heterocycles. The van der Waals surface area contributed by atoms with E-state index in [9.17, 15) is 5.11 Å². The van der Waals surface area contributed by atoms with Crippen LogP contribution in [0.4, 0.5) is 0 Å². The maximum atomic E-state index is 10.0. The molecule has 1 aromatic heterocycles. The summed E-state index contributed by atoms with van der Waals surface area (Å²) in [5.41, 5.74) is 0.797. The monoisotopic (exact) mass is 393 g/mol. The molecule has 20 heavy (non-hydrogen) atoms. The number of nitrogens with one attached hydrogen (secondary N) is 2. The molecule has 114 valence electrons. The van der Waals surface area contributed by atoms with Crippen LogP contribution < -0.4 is 10.6 Å². The molecule has 0 amide bonds. The lowest BCUT2D eigenvalue weighted by molar-refractivity contribution is 0.187. The van der Waals surface area contributed by atoms with E-state index in [1.165, 1.54) is 19.3 Å². The number of rotatable bonds is 5. The van der Waals surface area contributed by atoms with Gasteiger partial charge in [0, 0.05) is 31.4 Å². The maximum absolute atomic E-state index is 10.0. The standard InChI is InChI=1S/C13H23N5O.HI/c1-3-14-13(17-11-5-4-6-11)15-8-12(19)10-7-16-18(2)9-10;/h7,9,11-12,19H,3-6,8H2,1-2H3,(H2,14,15,17);1H. The van der Waals surface area contributed by atoms with Gasteiger partial charge in [-0.15, -0.1) is 24.0 Å². The third-order valence-corrected chi connectivity index (χ3v) is 3.32. The molecular formula is C13H24IN5O.